The third-order valence-corrected chi connectivity index (χ3v) is 7.90. The van der Waals surface area contributed by atoms with Gasteiger partial charge < -0.3 is 9.84 Å². The number of ketones is 1. The number of thiazole rings is 1. The fourth-order valence-electron chi connectivity index (χ4n) is 4.93. The minimum Gasteiger partial charge on any atom is -0.507 e. The van der Waals surface area contributed by atoms with Crippen LogP contribution in [0.5, 0.6) is 5.75 Å². The Balaban J connectivity index is 1.76. The van der Waals surface area contributed by atoms with Crippen LogP contribution in [0.2, 0.25) is 0 Å². The van der Waals surface area contributed by atoms with E-state index in [1.165, 1.54) is 4.90 Å². The number of Topliss-reactive ketones (excluding diaryl/α,β-unsaturated/α-hetero) is 1. The summed E-state index contributed by atoms with van der Waals surface area (Å²) in [5.74, 6) is -3.47. The first-order valence-electron chi connectivity index (χ1n) is 12.3. The van der Waals surface area contributed by atoms with Crippen molar-refractivity contribution in [2.24, 2.45) is 0 Å². The first-order valence-corrected chi connectivity index (χ1v) is 13.2. The molecule has 1 unspecified atom stereocenters. The number of aromatic nitrogens is 1. The summed E-state index contributed by atoms with van der Waals surface area (Å²) in [5, 5.41) is 11.8. The molecular formula is C30H26F2N2O4S. The number of anilines is 1. The summed E-state index contributed by atoms with van der Waals surface area (Å²) in [6, 6.07) is 11.8. The van der Waals surface area contributed by atoms with Gasteiger partial charge in [-0.25, -0.2) is 13.8 Å². The van der Waals surface area contributed by atoms with Gasteiger partial charge in [-0.1, -0.05) is 55.0 Å². The monoisotopic (exact) mass is 548 g/mol. The number of aliphatic hydroxyl groups is 1. The number of halogens is 2. The molecule has 0 spiro atoms. The molecule has 1 aliphatic rings. The molecule has 200 valence electrons. The molecule has 0 aliphatic carbocycles. The number of aliphatic hydroxyl groups excluding tert-OH is 1. The fraction of sp³-hybridized carbons (Fsp3) is 0.233. The van der Waals surface area contributed by atoms with Gasteiger partial charge in [0.1, 0.15) is 11.5 Å². The Hall–Kier alpha value is -4.11. The Labute approximate surface area is 228 Å². The predicted molar refractivity (Wildman–Crippen MR) is 147 cm³/mol. The quantitative estimate of drug-likeness (QED) is 0.166. The molecule has 5 rings (SSSR count). The second-order valence-electron chi connectivity index (χ2n) is 9.88. The number of hydrogen-bond donors (Lipinski definition) is 1. The zero-order valence-electron chi connectivity index (χ0n) is 22.0. The molecule has 1 atom stereocenters. The van der Waals surface area contributed by atoms with E-state index in [1.54, 1.807) is 38.3 Å². The highest BCUT2D eigenvalue weighted by molar-refractivity contribution is 7.22. The van der Waals surface area contributed by atoms with Crippen molar-refractivity contribution in [2.75, 3.05) is 12.0 Å². The average Bonchev–Trinajstić information content (AvgIpc) is 3.40. The van der Waals surface area contributed by atoms with Crippen molar-refractivity contribution in [3.63, 3.8) is 0 Å². The molecule has 1 saturated heterocycles. The average molecular weight is 549 g/mol. The highest BCUT2D eigenvalue weighted by atomic mass is 32.1. The summed E-state index contributed by atoms with van der Waals surface area (Å²) in [6.45, 7) is 7.64. The zero-order chi connectivity index (χ0) is 28.2. The van der Waals surface area contributed by atoms with Crippen LogP contribution in [0.25, 0.3) is 16.0 Å². The van der Waals surface area contributed by atoms with Crippen molar-refractivity contribution in [2.45, 2.75) is 39.7 Å². The zero-order valence-corrected chi connectivity index (χ0v) is 22.8. The largest absolute Gasteiger partial charge is 0.507 e. The van der Waals surface area contributed by atoms with Gasteiger partial charge in [0.15, 0.2) is 16.8 Å². The van der Waals surface area contributed by atoms with E-state index < -0.39 is 29.4 Å². The molecular weight excluding hydrogens is 522 g/mol. The van der Waals surface area contributed by atoms with Crippen LogP contribution in [0, 0.1) is 25.5 Å². The molecule has 0 bridgehead atoms. The highest BCUT2D eigenvalue weighted by Gasteiger charge is 2.48. The second-order valence-corrected chi connectivity index (χ2v) is 10.9. The van der Waals surface area contributed by atoms with Crippen LogP contribution in [0.3, 0.4) is 0 Å². The van der Waals surface area contributed by atoms with Gasteiger partial charge in [-0.15, -0.1) is 0 Å². The second kappa shape index (κ2) is 9.89. The molecule has 1 amide bonds. The number of fused-ring (bicyclic) bond motifs is 1. The topological polar surface area (TPSA) is 79.7 Å². The van der Waals surface area contributed by atoms with Crippen molar-refractivity contribution in [3.8, 4) is 5.75 Å². The van der Waals surface area contributed by atoms with Gasteiger partial charge in [-0.3, -0.25) is 14.5 Å². The summed E-state index contributed by atoms with van der Waals surface area (Å²) in [6.07, 6.45) is 0. The van der Waals surface area contributed by atoms with Crippen molar-refractivity contribution in [3.05, 3.63) is 93.6 Å². The Morgan fingerprint density at radius 2 is 1.79 bits per heavy atom. The Morgan fingerprint density at radius 1 is 1.08 bits per heavy atom. The molecule has 6 nitrogen and oxygen atoms in total. The Bertz CT molecular complexity index is 1650. The normalized spacial score (nSPS) is 17.0. The number of methoxy groups -OCH3 is 1. The maximum atomic E-state index is 13.9. The Kier molecular flexibility index (Phi) is 6.72. The van der Waals surface area contributed by atoms with Gasteiger partial charge in [-0.2, -0.15) is 0 Å². The first-order chi connectivity index (χ1) is 18.5. The maximum Gasteiger partial charge on any atom is 0.301 e. The number of amides is 1. The lowest BCUT2D eigenvalue weighted by atomic mass is 9.90. The van der Waals surface area contributed by atoms with Crippen LogP contribution < -0.4 is 9.64 Å². The van der Waals surface area contributed by atoms with Crippen LogP contribution >= 0.6 is 11.3 Å². The van der Waals surface area contributed by atoms with E-state index in [0.717, 1.165) is 34.6 Å². The third kappa shape index (κ3) is 4.46. The Morgan fingerprint density at radius 3 is 2.46 bits per heavy atom. The van der Waals surface area contributed by atoms with E-state index in [-0.39, 0.29) is 27.9 Å². The minimum absolute atomic E-state index is 0.0608. The van der Waals surface area contributed by atoms with Crippen LogP contribution in [0.1, 0.15) is 53.6 Å². The van der Waals surface area contributed by atoms with Crippen LogP contribution in [0.4, 0.5) is 13.9 Å². The number of rotatable bonds is 5. The van der Waals surface area contributed by atoms with Crippen LogP contribution in [-0.4, -0.2) is 28.9 Å². The molecule has 3 aromatic carbocycles. The molecule has 9 heteroatoms. The first kappa shape index (κ1) is 26.5. The highest BCUT2D eigenvalue weighted by Crippen LogP contribution is 2.45. The van der Waals surface area contributed by atoms with Crippen molar-refractivity contribution >= 4 is 44.1 Å². The van der Waals surface area contributed by atoms with Crippen molar-refractivity contribution < 1.29 is 28.2 Å². The SMILES string of the molecule is COc1cc(C)c(/C(O)=C2\C(=O)C(=O)N(c3nc4cc(F)c(F)cc4s3)C2c2cccc(C)c2)cc1C(C)C. The summed E-state index contributed by atoms with van der Waals surface area (Å²) < 4.78 is 33.7. The fourth-order valence-corrected chi connectivity index (χ4v) is 5.93. The molecule has 1 N–H and O–H groups in total. The molecule has 0 radical (unpaired) electrons. The van der Waals surface area contributed by atoms with Gasteiger partial charge in [0.25, 0.3) is 5.78 Å². The number of aryl methyl sites for hydroxylation is 2. The third-order valence-electron chi connectivity index (χ3n) is 6.88. The van der Waals surface area contributed by atoms with Gasteiger partial charge in [0.05, 0.1) is 28.9 Å². The summed E-state index contributed by atoms with van der Waals surface area (Å²) >= 11 is 0.964. The van der Waals surface area contributed by atoms with Gasteiger partial charge >= 0.3 is 5.91 Å². The molecule has 1 aliphatic heterocycles. The number of nitrogens with zero attached hydrogens (tertiary/aromatic N) is 2. The number of ether oxygens (including phenoxy) is 1. The van der Waals surface area contributed by atoms with E-state index in [9.17, 15) is 23.5 Å². The van der Waals surface area contributed by atoms with E-state index in [0.29, 0.717) is 27.1 Å². The number of carbonyl (C=O) groups excluding carboxylic acids is 2. The predicted octanol–water partition coefficient (Wildman–Crippen LogP) is 6.95. The van der Waals surface area contributed by atoms with E-state index in [2.05, 4.69) is 4.98 Å². The van der Waals surface area contributed by atoms with Gasteiger partial charge in [-0.05, 0) is 54.7 Å². The molecule has 39 heavy (non-hydrogen) atoms. The smallest absolute Gasteiger partial charge is 0.301 e. The molecule has 1 fully saturated rings. The lowest BCUT2D eigenvalue weighted by Gasteiger charge is -2.24. The number of carbonyl (C=O) groups is 2. The minimum atomic E-state index is -1.06. The maximum absolute atomic E-state index is 13.9. The van der Waals surface area contributed by atoms with Crippen molar-refractivity contribution in [1.82, 2.24) is 4.98 Å². The standard InChI is InChI=1S/C30H26F2N2O4S/c1-14(2)18-11-19(16(4)10-23(18)38-5)27(35)25-26(17-8-6-7-15(3)9-17)34(29(37)28(25)36)30-33-22-12-20(31)21(32)13-24(22)39-30/h6-14,26,35H,1-5H3/b27-25+. The van der Waals surface area contributed by atoms with E-state index in [1.807, 2.05) is 32.9 Å². The van der Waals surface area contributed by atoms with Crippen molar-refractivity contribution in [1.29, 1.82) is 0 Å². The summed E-state index contributed by atoms with van der Waals surface area (Å²) in [5.41, 5.74) is 3.44. The molecule has 2 heterocycles. The number of hydrogen-bond acceptors (Lipinski definition) is 6. The molecule has 0 saturated carbocycles. The lowest BCUT2D eigenvalue weighted by Crippen LogP contribution is -2.29. The molecule has 4 aromatic rings. The number of benzene rings is 3. The van der Waals surface area contributed by atoms with Crippen LogP contribution in [-0.2, 0) is 9.59 Å². The lowest BCUT2D eigenvalue weighted by molar-refractivity contribution is -0.132. The molecule has 1 aromatic heterocycles. The van der Waals surface area contributed by atoms with Crippen LogP contribution in [0.15, 0.2) is 54.1 Å². The summed E-state index contributed by atoms with van der Waals surface area (Å²) in [4.78, 5) is 32.7. The summed E-state index contributed by atoms with van der Waals surface area (Å²) in [7, 11) is 1.57. The van der Waals surface area contributed by atoms with E-state index in [4.69, 9.17) is 4.74 Å². The van der Waals surface area contributed by atoms with E-state index >= 15 is 0 Å². The van der Waals surface area contributed by atoms with Gasteiger partial charge in [0.2, 0.25) is 0 Å². The van der Waals surface area contributed by atoms with Gasteiger partial charge in [0, 0.05) is 11.6 Å².